The Morgan fingerprint density at radius 3 is 2.00 bits per heavy atom. The zero-order chi connectivity index (χ0) is 18.8. The average molecular weight is 355 g/mol. The van der Waals surface area contributed by atoms with Gasteiger partial charge in [-0.25, -0.2) is 0 Å². The molecular weight excluding hydrogens is 330 g/mol. The zero-order valence-electron chi connectivity index (χ0n) is 15.8. The number of aromatic amines is 1. The molecule has 1 aliphatic rings. The van der Waals surface area contributed by atoms with Crippen LogP contribution in [0.4, 0.5) is 0 Å². The van der Waals surface area contributed by atoms with Gasteiger partial charge in [0.1, 0.15) is 5.75 Å². The number of rotatable bonds is 3. The van der Waals surface area contributed by atoms with E-state index in [-0.39, 0.29) is 11.8 Å². The van der Waals surface area contributed by atoms with E-state index in [0.717, 1.165) is 17.0 Å². The monoisotopic (exact) mass is 355 g/mol. The second-order valence-electron chi connectivity index (χ2n) is 6.78. The number of carbonyl (C=O) groups excluding carboxylic acids is 2. The van der Waals surface area contributed by atoms with E-state index in [1.54, 1.807) is 12.0 Å². The van der Waals surface area contributed by atoms with Gasteiger partial charge in [-0.3, -0.25) is 9.59 Å². The molecule has 2 heterocycles. The molecule has 0 atom stereocenters. The van der Waals surface area contributed by atoms with Crippen LogP contribution in [0.1, 0.15) is 37.7 Å². The van der Waals surface area contributed by atoms with Gasteiger partial charge in [0, 0.05) is 37.6 Å². The van der Waals surface area contributed by atoms with Crippen LogP contribution in [-0.2, 0) is 0 Å². The molecule has 0 saturated carbocycles. The summed E-state index contributed by atoms with van der Waals surface area (Å²) in [5, 5.41) is 0. The van der Waals surface area contributed by atoms with Crippen LogP contribution in [0.5, 0.6) is 5.75 Å². The fourth-order valence-corrected chi connectivity index (χ4v) is 3.39. The number of hydrogen-bond donors (Lipinski definition) is 1. The highest BCUT2D eigenvalue weighted by Crippen LogP contribution is 2.22. The van der Waals surface area contributed by atoms with Crippen molar-refractivity contribution in [1.29, 1.82) is 0 Å². The first-order valence-electron chi connectivity index (χ1n) is 8.80. The maximum Gasteiger partial charge on any atom is 0.257 e. The van der Waals surface area contributed by atoms with Crippen LogP contribution in [0.15, 0.2) is 24.3 Å². The number of H-pyrrole nitrogens is 1. The summed E-state index contributed by atoms with van der Waals surface area (Å²) in [5.74, 6) is 0.552. The summed E-state index contributed by atoms with van der Waals surface area (Å²) < 4.78 is 5.33. The fraction of sp³-hybridized carbons (Fsp3) is 0.400. The van der Waals surface area contributed by atoms with Crippen molar-refractivity contribution in [2.45, 2.75) is 20.8 Å². The lowest BCUT2D eigenvalue weighted by Gasteiger charge is -2.35. The Labute approximate surface area is 153 Å². The number of hydrogen-bond acceptors (Lipinski definition) is 3. The number of amides is 2. The molecule has 6 heteroatoms. The van der Waals surface area contributed by atoms with Gasteiger partial charge in [-0.05, 0) is 39.0 Å². The Morgan fingerprint density at radius 1 is 0.923 bits per heavy atom. The first-order chi connectivity index (χ1) is 12.4. The van der Waals surface area contributed by atoms with E-state index in [0.29, 0.717) is 43.1 Å². The van der Waals surface area contributed by atoms with Crippen LogP contribution >= 0.6 is 0 Å². The van der Waals surface area contributed by atoms with E-state index in [2.05, 4.69) is 4.98 Å². The third-order valence-corrected chi connectivity index (χ3v) is 4.82. The molecule has 0 bridgehead atoms. The molecule has 2 amide bonds. The van der Waals surface area contributed by atoms with Crippen LogP contribution in [-0.4, -0.2) is 59.9 Å². The van der Waals surface area contributed by atoms with Gasteiger partial charge in [0.25, 0.3) is 11.8 Å². The van der Waals surface area contributed by atoms with Crippen molar-refractivity contribution in [2.24, 2.45) is 0 Å². The molecule has 1 aromatic heterocycles. The Hall–Kier alpha value is -2.76. The number of carbonyl (C=O) groups is 2. The molecule has 0 spiro atoms. The summed E-state index contributed by atoms with van der Waals surface area (Å²) >= 11 is 0. The number of piperazine rings is 1. The Kier molecular flexibility index (Phi) is 5.02. The van der Waals surface area contributed by atoms with Gasteiger partial charge in [-0.1, -0.05) is 11.6 Å². The van der Waals surface area contributed by atoms with Crippen molar-refractivity contribution in [3.05, 3.63) is 52.3 Å². The minimum absolute atomic E-state index is 0.0204. The number of benzene rings is 1. The topological polar surface area (TPSA) is 65.6 Å². The van der Waals surface area contributed by atoms with Crippen LogP contribution in [0, 0.1) is 20.8 Å². The highest BCUT2D eigenvalue weighted by Gasteiger charge is 2.28. The van der Waals surface area contributed by atoms with E-state index in [9.17, 15) is 9.59 Å². The number of aromatic nitrogens is 1. The lowest BCUT2D eigenvalue weighted by Crippen LogP contribution is -2.50. The van der Waals surface area contributed by atoms with Gasteiger partial charge in [0.15, 0.2) is 0 Å². The average Bonchev–Trinajstić information content (AvgIpc) is 2.98. The lowest BCUT2D eigenvalue weighted by molar-refractivity contribution is 0.0533. The van der Waals surface area contributed by atoms with E-state index >= 15 is 0 Å². The third kappa shape index (κ3) is 3.45. The normalized spacial score (nSPS) is 14.5. The summed E-state index contributed by atoms with van der Waals surface area (Å²) in [6.45, 7) is 7.90. The van der Waals surface area contributed by atoms with Gasteiger partial charge >= 0.3 is 0 Å². The molecule has 6 nitrogen and oxygen atoms in total. The quantitative estimate of drug-likeness (QED) is 0.920. The number of ether oxygens (including phenoxy) is 1. The molecule has 138 valence electrons. The first-order valence-corrected chi connectivity index (χ1v) is 8.80. The van der Waals surface area contributed by atoms with Crippen molar-refractivity contribution in [3.63, 3.8) is 0 Å². The number of nitrogens with zero attached hydrogens (tertiary/aromatic N) is 2. The van der Waals surface area contributed by atoms with E-state index in [1.807, 2.05) is 49.9 Å². The maximum atomic E-state index is 12.9. The number of aryl methyl sites for hydroxylation is 3. The Balaban J connectivity index is 1.69. The molecule has 2 aromatic rings. The minimum Gasteiger partial charge on any atom is -0.496 e. The van der Waals surface area contributed by atoms with Gasteiger partial charge in [0.05, 0.1) is 18.2 Å². The molecule has 3 rings (SSSR count). The Morgan fingerprint density at radius 2 is 1.50 bits per heavy atom. The fourth-order valence-electron chi connectivity index (χ4n) is 3.39. The smallest absolute Gasteiger partial charge is 0.257 e. The molecule has 1 N–H and O–H groups in total. The van der Waals surface area contributed by atoms with Crippen molar-refractivity contribution in [2.75, 3.05) is 33.3 Å². The molecular formula is C20H25N3O3. The van der Waals surface area contributed by atoms with Crippen molar-refractivity contribution in [1.82, 2.24) is 14.8 Å². The maximum absolute atomic E-state index is 12.9. The SMILES string of the molecule is COc1ccc(C)cc1C(=O)N1CCN(C(=O)c2cc(C)[nH]c2C)CC1. The van der Waals surface area contributed by atoms with Crippen LogP contribution < -0.4 is 4.74 Å². The highest BCUT2D eigenvalue weighted by atomic mass is 16.5. The van der Waals surface area contributed by atoms with Gasteiger partial charge < -0.3 is 19.5 Å². The minimum atomic E-state index is -0.0497. The highest BCUT2D eigenvalue weighted by molar-refractivity contribution is 5.98. The van der Waals surface area contributed by atoms with Crippen molar-refractivity contribution < 1.29 is 14.3 Å². The second kappa shape index (κ2) is 7.23. The molecule has 1 saturated heterocycles. The predicted octanol–water partition coefficient (Wildman–Crippen LogP) is 2.55. The predicted molar refractivity (Wildman–Crippen MR) is 99.8 cm³/mol. The Bertz CT molecular complexity index is 833. The second-order valence-corrected chi connectivity index (χ2v) is 6.78. The van der Waals surface area contributed by atoms with Crippen LogP contribution in [0.3, 0.4) is 0 Å². The standard InChI is InChI=1S/C20H25N3O3/c1-13-5-6-18(26-4)17(11-13)20(25)23-9-7-22(8-10-23)19(24)16-12-14(2)21-15(16)3/h5-6,11-12,21H,7-10H2,1-4H3. The summed E-state index contributed by atoms with van der Waals surface area (Å²) in [4.78, 5) is 32.3. The summed E-state index contributed by atoms with van der Waals surface area (Å²) in [6.07, 6.45) is 0. The van der Waals surface area contributed by atoms with E-state index in [1.165, 1.54) is 0 Å². The molecule has 1 aliphatic heterocycles. The number of methoxy groups -OCH3 is 1. The largest absolute Gasteiger partial charge is 0.496 e. The van der Waals surface area contributed by atoms with Crippen LogP contribution in [0.25, 0.3) is 0 Å². The molecule has 26 heavy (non-hydrogen) atoms. The van der Waals surface area contributed by atoms with Crippen LogP contribution in [0.2, 0.25) is 0 Å². The molecule has 0 unspecified atom stereocenters. The summed E-state index contributed by atoms with van der Waals surface area (Å²) in [7, 11) is 1.57. The summed E-state index contributed by atoms with van der Waals surface area (Å²) in [5.41, 5.74) is 4.16. The molecule has 1 fully saturated rings. The molecule has 1 aromatic carbocycles. The summed E-state index contributed by atoms with van der Waals surface area (Å²) in [6, 6.07) is 7.48. The van der Waals surface area contributed by atoms with Gasteiger partial charge in [-0.2, -0.15) is 0 Å². The van der Waals surface area contributed by atoms with E-state index < -0.39 is 0 Å². The molecule has 0 aliphatic carbocycles. The molecule has 0 radical (unpaired) electrons. The van der Waals surface area contributed by atoms with Crippen molar-refractivity contribution in [3.8, 4) is 5.75 Å². The zero-order valence-corrected chi connectivity index (χ0v) is 15.8. The van der Waals surface area contributed by atoms with Gasteiger partial charge in [0.2, 0.25) is 0 Å². The number of nitrogens with one attached hydrogen (secondary N) is 1. The van der Waals surface area contributed by atoms with E-state index in [4.69, 9.17) is 4.74 Å². The third-order valence-electron chi connectivity index (χ3n) is 4.82. The van der Waals surface area contributed by atoms with Crippen molar-refractivity contribution >= 4 is 11.8 Å². The van der Waals surface area contributed by atoms with Gasteiger partial charge in [-0.15, -0.1) is 0 Å². The lowest BCUT2D eigenvalue weighted by atomic mass is 10.1. The first kappa shape index (κ1) is 18.0.